The van der Waals surface area contributed by atoms with Crippen LogP contribution in [0.1, 0.15) is 20.8 Å². The van der Waals surface area contributed by atoms with Gasteiger partial charge in [-0.25, -0.2) is 0 Å². The Morgan fingerprint density at radius 3 is 1.18 bits per heavy atom. The van der Waals surface area contributed by atoms with Crippen LogP contribution in [0, 0.1) is 5.41 Å². The van der Waals surface area contributed by atoms with Gasteiger partial charge in [0.25, 0.3) is 5.97 Å². The van der Waals surface area contributed by atoms with Crippen molar-refractivity contribution < 1.29 is 29.5 Å². The molecule has 0 aliphatic rings. The summed E-state index contributed by atoms with van der Waals surface area (Å²) >= 11 is 0. The second kappa shape index (κ2) is 7.97. The first-order chi connectivity index (χ1) is 8.11. The average molecular weight is 252 g/mol. The molecule has 0 heterocycles. The van der Waals surface area contributed by atoms with E-state index in [1.807, 2.05) is 0 Å². The summed E-state index contributed by atoms with van der Waals surface area (Å²) in [6, 6.07) is 0. The Hall–Kier alpha value is -0.240. The van der Waals surface area contributed by atoms with Crippen molar-refractivity contribution in [1.29, 1.82) is 0 Å². The van der Waals surface area contributed by atoms with Crippen molar-refractivity contribution in [1.82, 2.24) is 0 Å². The fourth-order valence-electron chi connectivity index (χ4n) is 1.59. The van der Waals surface area contributed by atoms with Crippen LogP contribution < -0.4 is 0 Å². The van der Waals surface area contributed by atoms with Gasteiger partial charge in [-0.05, 0) is 20.8 Å². The van der Waals surface area contributed by atoms with E-state index in [1.165, 1.54) is 0 Å². The molecular weight excluding hydrogens is 228 g/mol. The van der Waals surface area contributed by atoms with Crippen LogP contribution in [-0.2, 0) is 14.2 Å². The molecular formula is C11H24O6. The molecule has 6 heteroatoms. The molecule has 0 rings (SSSR count). The van der Waals surface area contributed by atoms with Gasteiger partial charge in [0.1, 0.15) is 5.41 Å². The lowest BCUT2D eigenvalue weighted by Gasteiger charge is -2.45. The van der Waals surface area contributed by atoms with Crippen molar-refractivity contribution in [2.45, 2.75) is 26.7 Å². The molecule has 3 N–H and O–H groups in total. The predicted molar refractivity (Wildman–Crippen MR) is 61.3 cm³/mol. The molecule has 0 fully saturated rings. The summed E-state index contributed by atoms with van der Waals surface area (Å²) < 4.78 is 16.3. The van der Waals surface area contributed by atoms with Crippen LogP contribution in [0.15, 0.2) is 0 Å². The van der Waals surface area contributed by atoms with Crippen molar-refractivity contribution in [2.75, 3.05) is 39.6 Å². The third-order valence-electron chi connectivity index (χ3n) is 2.56. The molecule has 0 bridgehead atoms. The topological polar surface area (TPSA) is 88.4 Å². The van der Waals surface area contributed by atoms with Gasteiger partial charge in [0.05, 0.1) is 19.8 Å². The highest BCUT2D eigenvalue weighted by Crippen LogP contribution is 2.36. The van der Waals surface area contributed by atoms with Crippen molar-refractivity contribution in [3.8, 4) is 0 Å². The van der Waals surface area contributed by atoms with E-state index in [4.69, 9.17) is 14.2 Å². The predicted octanol–water partition coefficient (Wildman–Crippen LogP) is -0.287. The Morgan fingerprint density at radius 2 is 1.00 bits per heavy atom. The van der Waals surface area contributed by atoms with Crippen molar-refractivity contribution in [3.63, 3.8) is 0 Å². The average Bonchev–Trinajstić information content (AvgIpc) is 2.33. The summed E-state index contributed by atoms with van der Waals surface area (Å²) in [4.78, 5) is 0. The van der Waals surface area contributed by atoms with Gasteiger partial charge < -0.3 is 29.5 Å². The number of aliphatic hydroxyl groups is 3. The number of ether oxygens (including phenoxy) is 3. The molecule has 0 atom stereocenters. The minimum absolute atomic E-state index is 0.266. The number of hydrogen-bond donors (Lipinski definition) is 3. The Balaban J connectivity index is 5.31. The Labute approximate surface area is 102 Å². The van der Waals surface area contributed by atoms with Crippen molar-refractivity contribution in [2.24, 2.45) is 5.41 Å². The van der Waals surface area contributed by atoms with Crippen LogP contribution in [0.5, 0.6) is 0 Å². The Bertz CT molecular complexity index is 167. The molecule has 0 aromatic rings. The van der Waals surface area contributed by atoms with Crippen LogP contribution in [0.25, 0.3) is 0 Å². The quantitative estimate of drug-likeness (QED) is 0.463. The van der Waals surface area contributed by atoms with E-state index in [1.54, 1.807) is 20.8 Å². The summed E-state index contributed by atoms with van der Waals surface area (Å²) in [5.74, 6) is -1.64. The minimum Gasteiger partial charge on any atom is -0.395 e. The first kappa shape index (κ1) is 16.8. The molecule has 6 nitrogen and oxygen atoms in total. The SMILES string of the molecule is CCOC(OCC)(OCC)C(CO)(CO)CO. The summed E-state index contributed by atoms with van der Waals surface area (Å²) in [6.07, 6.45) is 0. The van der Waals surface area contributed by atoms with Crippen molar-refractivity contribution in [3.05, 3.63) is 0 Å². The van der Waals surface area contributed by atoms with Crippen molar-refractivity contribution >= 4 is 0 Å². The zero-order valence-electron chi connectivity index (χ0n) is 10.8. The third kappa shape index (κ3) is 3.37. The standard InChI is InChI=1S/C11H24O6/c1-4-15-11(16-5-2,17-6-3)10(7-12,8-13)9-14/h12-14H,4-9H2,1-3H3. The van der Waals surface area contributed by atoms with E-state index in [-0.39, 0.29) is 19.8 Å². The van der Waals surface area contributed by atoms with Gasteiger partial charge >= 0.3 is 0 Å². The molecule has 104 valence electrons. The Kier molecular flexibility index (Phi) is 7.85. The third-order valence-corrected chi connectivity index (χ3v) is 2.56. The monoisotopic (exact) mass is 252 g/mol. The summed E-state index contributed by atoms with van der Waals surface area (Å²) in [5, 5.41) is 28.3. The fourth-order valence-corrected chi connectivity index (χ4v) is 1.59. The van der Waals surface area contributed by atoms with Gasteiger partial charge in [0, 0.05) is 19.8 Å². The van der Waals surface area contributed by atoms with Crippen LogP contribution in [0.2, 0.25) is 0 Å². The van der Waals surface area contributed by atoms with Gasteiger partial charge in [-0.2, -0.15) is 0 Å². The molecule has 0 aliphatic heterocycles. The lowest BCUT2D eigenvalue weighted by molar-refractivity contribution is -0.438. The van der Waals surface area contributed by atoms with E-state index in [9.17, 15) is 15.3 Å². The fraction of sp³-hybridized carbons (Fsp3) is 1.00. The van der Waals surface area contributed by atoms with E-state index in [0.717, 1.165) is 0 Å². The van der Waals surface area contributed by atoms with Gasteiger partial charge in [0.2, 0.25) is 0 Å². The molecule has 0 saturated carbocycles. The second-order valence-electron chi connectivity index (χ2n) is 3.61. The minimum atomic E-state index is -1.64. The number of aliphatic hydroxyl groups excluding tert-OH is 3. The molecule has 0 radical (unpaired) electrons. The first-order valence-corrected chi connectivity index (χ1v) is 5.86. The molecule has 0 aromatic heterocycles. The smallest absolute Gasteiger partial charge is 0.295 e. The maximum Gasteiger partial charge on any atom is 0.295 e. The maximum absolute atomic E-state index is 9.43. The van der Waals surface area contributed by atoms with E-state index < -0.39 is 31.2 Å². The highest BCUT2D eigenvalue weighted by Gasteiger charge is 2.55. The van der Waals surface area contributed by atoms with Gasteiger partial charge in [0.15, 0.2) is 0 Å². The molecule has 0 spiro atoms. The van der Waals surface area contributed by atoms with Crippen LogP contribution >= 0.6 is 0 Å². The molecule has 0 saturated heterocycles. The van der Waals surface area contributed by atoms with Crippen LogP contribution in [-0.4, -0.2) is 60.9 Å². The van der Waals surface area contributed by atoms with E-state index in [2.05, 4.69) is 0 Å². The van der Waals surface area contributed by atoms with E-state index >= 15 is 0 Å². The lowest BCUT2D eigenvalue weighted by Crippen LogP contribution is -2.60. The van der Waals surface area contributed by atoms with Crippen LogP contribution in [0.3, 0.4) is 0 Å². The highest BCUT2D eigenvalue weighted by molar-refractivity contribution is 4.88. The highest BCUT2D eigenvalue weighted by atomic mass is 16.9. The maximum atomic E-state index is 9.43. The molecule has 0 amide bonds. The zero-order chi connectivity index (χ0) is 13.4. The molecule has 17 heavy (non-hydrogen) atoms. The normalized spacial score (nSPS) is 13.1. The van der Waals surface area contributed by atoms with Gasteiger partial charge in [-0.15, -0.1) is 0 Å². The molecule has 0 unspecified atom stereocenters. The molecule has 0 aromatic carbocycles. The molecule has 0 aliphatic carbocycles. The van der Waals surface area contributed by atoms with Crippen LogP contribution in [0.4, 0.5) is 0 Å². The number of rotatable bonds is 10. The second-order valence-corrected chi connectivity index (χ2v) is 3.61. The largest absolute Gasteiger partial charge is 0.395 e. The van der Waals surface area contributed by atoms with Gasteiger partial charge in [-0.3, -0.25) is 0 Å². The Morgan fingerprint density at radius 1 is 0.706 bits per heavy atom. The first-order valence-electron chi connectivity index (χ1n) is 5.86. The number of hydrogen-bond acceptors (Lipinski definition) is 6. The van der Waals surface area contributed by atoms with Gasteiger partial charge in [-0.1, -0.05) is 0 Å². The summed E-state index contributed by atoms with van der Waals surface area (Å²) in [7, 11) is 0. The lowest BCUT2D eigenvalue weighted by atomic mass is 9.87. The zero-order valence-corrected chi connectivity index (χ0v) is 10.8. The summed E-state index contributed by atoms with van der Waals surface area (Å²) in [5.41, 5.74) is -1.41. The van der Waals surface area contributed by atoms with E-state index in [0.29, 0.717) is 0 Å². The summed E-state index contributed by atoms with van der Waals surface area (Å²) in [6.45, 7) is 4.47.